The maximum absolute atomic E-state index is 12.8. The lowest BCUT2D eigenvalue weighted by molar-refractivity contribution is -0.119. The Bertz CT molecular complexity index is 1230. The molecule has 2 aromatic heterocycles. The predicted octanol–water partition coefficient (Wildman–Crippen LogP) is 1.33. The van der Waals surface area contributed by atoms with E-state index in [1.807, 2.05) is 4.72 Å². The molecule has 0 saturated heterocycles. The van der Waals surface area contributed by atoms with E-state index in [1.54, 1.807) is 32.2 Å². The Hall–Kier alpha value is -3.32. The molecular formula is C17H19N5O6S2. The molecule has 2 heterocycles. The van der Waals surface area contributed by atoms with Gasteiger partial charge in [0.2, 0.25) is 0 Å². The molecule has 3 amide bonds. The number of carbonyl (C=O) groups excluding carboxylic acids is 2. The van der Waals surface area contributed by atoms with Crippen LogP contribution in [0.4, 0.5) is 9.93 Å². The summed E-state index contributed by atoms with van der Waals surface area (Å²) in [6, 6.07) is 3.75. The molecule has 3 aromatic rings. The molecule has 1 aromatic carbocycles. The molecule has 30 heavy (non-hydrogen) atoms. The van der Waals surface area contributed by atoms with E-state index in [9.17, 15) is 18.0 Å². The van der Waals surface area contributed by atoms with E-state index < -0.39 is 22.0 Å². The first-order valence-electron chi connectivity index (χ1n) is 8.46. The number of aryl methyl sites for hydroxylation is 2. The second-order valence-corrected chi connectivity index (χ2v) is 8.78. The van der Waals surface area contributed by atoms with Crippen molar-refractivity contribution in [1.82, 2.24) is 14.3 Å². The number of benzene rings is 1. The van der Waals surface area contributed by atoms with Crippen LogP contribution >= 0.6 is 11.3 Å². The molecule has 13 heteroatoms. The number of hydrogen-bond acceptors (Lipinski definition) is 8. The summed E-state index contributed by atoms with van der Waals surface area (Å²) < 4.78 is 39.6. The van der Waals surface area contributed by atoms with Crippen LogP contribution in [0.3, 0.4) is 0 Å². The monoisotopic (exact) mass is 453 g/mol. The van der Waals surface area contributed by atoms with Gasteiger partial charge < -0.3 is 19.8 Å². The second kappa shape index (κ2) is 8.20. The SMILES string of the molecule is COc1sc(NC(=O)NS(=O)(=O)c2cn(C)c3c(OCC(N)=O)cccc23)nc1C. The highest BCUT2D eigenvalue weighted by Crippen LogP contribution is 2.32. The van der Waals surface area contributed by atoms with E-state index in [2.05, 4.69) is 10.3 Å². The molecule has 160 valence electrons. The molecule has 0 atom stereocenters. The summed E-state index contributed by atoms with van der Waals surface area (Å²) in [6.07, 6.45) is 1.34. The summed E-state index contributed by atoms with van der Waals surface area (Å²) in [5.74, 6) is -0.383. The van der Waals surface area contributed by atoms with Gasteiger partial charge in [0.05, 0.1) is 18.3 Å². The number of thiazole rings is 1. The summed E-state index contributed by atoms with van der Waals surface area (Å²) in [7, 11) is -1.14. The topological polar surface area (TPSA) is 155 Å². The number of urea groups is 1. The van der Waals surface area contributed by atoms with Gasteiger partial charge in [-0.25, -0.2) is 22.9 Å². The number of hydrogen-bond donors (Lipinski definition) is 3. The summed E-state index contributed by atoms with van der Waals surface area (Å²) in [5, 5.41) is 3.39. The molecule has 0 bridgehead atoms. The largest absolute Gasteiger partial charge is 0.486 e. The first-order valence-corrected chi connectivity index (χ1v) is 10.8. The quantitative estimate of drug-likeness (QED) is 0.487. The smallest absolute Gasteiger partial charge is 0.334 e. The van der Waals surface area contributed by atoms with E-state index in [4.69, 9.17) is 15.2 Å². The van der Waals surface area contributed by atoms with Crippen LogP contribution in [0.1, 0.15) is 5.69 Å². The van der Waals surface area contributed by atoms with Crippen LogP contribution in [0.25, 0.3) is 10.9 Å². The fourth-order valence-corrected chi connectivity index (χ4v) is 4.73. The van der Waals surface area contributed by atoms with Crippen LogP contribution in [-0.2, 0) is 21.9 Å². The van der Waals surface area contributed by atoms with Gasteiger partial charge in [0.25, 0.3) is 15.9 Å². The van der Waals surface area contributed by atoms with Crippen molar-refractivity contribution >= 4 is 49.3 Å². The molecular weight excluding hydrogens is 434 g/mol. The molecule has 3 rings (SSSR count). The van der Waals surface area contributed by atoms with Crippen molar-refractivity contribution in [2.45, 2.75) is 11.8 Å². The van der Waals surface area contributed by atoms with Gasteiger partial charge in [-0.15, -0.1) is 0 Å². The number of rotatable bonds is 7. The Balaban J connectivity index is 1.87. The number of amides is 3. The lowest BCUT2D eigenvalue weighted by Gasteiger charge is -2.08. The van der Waals surface area contributed by atoms with Gasteiger partial charge in [0.1, 0.15) is 10.6 Å². The number of methoxy groups -OCH3 is 1. The Morgan fingerprint density at radius 2 is 2.07 bits per heavy atom. The number of primary amides is 1. The highest BCUT2D eigenvalue weighted by Gasteiger charge is 2.25. The van der Waals surface area contributed by atoms with E-state index >= 15 is 0 Å². The lowest BCUT2D eigenvalue weighted by atomic mass is 10.2. The minimum absolute atomic E-state index is 0.132. The van der Waals surface area contributed by atoms with Gasteiger partial charge >= 0.3 is 6.03 Å². The molecule has 0 aliphatic carbocycles. The number of aromatic nitrogens is 2. The number of para-hydroxylation sites is 1. The van der Waals surface area contributed by atoms with Crippen LogP contribution in [0.15, 0.2) is 29.3 Å². The summed E-state index contributed by atoms with van der Waals surface area (Å²) in [4.78, 5) is 27.2. The number of ether oxygens (including phenoxy) is 2. The fraction of sp³-hybridized carbons (Fsp3) is 0.235. The van der Waals surface area contributed by atoms with Gasteiger partial charge in [0.15, 0.2) is 16.8 Å². The predicted molar refractivity (Wildman–Crippen MR) is 110 cm³/mol. The molecule has 0 saturated carbocycles. The van der Waals surface area contributed by atoms with Gasteiger partial charge in [-0.2, -0.15) is 0 Å². The first-order chi connectivity index (χ1) is 14.1. The van der Waals surface area contributed by atoms with Crippen molar-refractivity contribution in [1.29, 1.82) is 0 Å². The number of carbonyl (C=O) groups is 2. The Morgan fingerprint density at radius 1 is 1.33 bits per heavy atom. The third-order valence-corrected chi connectivity index (χ3v) is 6.37. The van der Waals surface area contributed by atoms with Crippen molar-refractivity contribution in [2.24, 2.45) is 12.8 Å². The van der Waals surface area contributed by atoms with Crippen molar-refractivity contribution in [2.75, 3.05) is 19.0 Å². The van der Waals surface area contributed by atoms with Gasteiger partial charge in [-0.05, 0) is 13.0 Å². The minimum atomic E-state index is -4.23. The summed E-state index contributed by atoms with van der Waals surface area (Å²) >= 11 is 1.07. The normalized spacial score (nSPS) is 11.3. The number of nitrogens with two attached hydrogens (primary N) is 1. The zero-order valence-corrected chi connectivity index (χ0v) is 17.9. The van der Waals surface area contributed by atoms with Crippen molar-refractivity contribution < 1.29 is 27.5 Å². The number of anilines is 1. The molecule has 11 nitrogen and oxygen atoms in total. The Kier molecular flexibility index (Phi) is 5.85. The van der Waals surface area contributed by atoms with Crippen molar-refractivity contribution in [3.63, 3.8) is 0 Å². The van der Waals surface area contributed by atoms with Crippen molar-refractivity contribution in [3.05, 3.63) is 30.1 Å². The van der Waals surface area contributed by atoms with Crippen LogP contribution in [0.2, 0.25) is 0 Å². The number of fused-ring (bicyclic) bond motifs is 1. The maximum atomic E-state index is 12.8. The van der Waals surface area contributed by atoms with Gasteiger partial charge in [-0.3, -0.25) is 10.1 Å². The average Bonchev–Trinajstić information content (AvgIpc) is 3.19. The number of sulfonamides is 1. The Labute approximate surface area is 175 Å². The number of nitrogens with one attached hydrogen (secondary N) is 2. The van der Waals surface area contributed by atoms with E-state index in [0.29, 0.717) is 21.7 Å². The summed E-state index contributed by atoms with van der Waals surface area (Å²) in [6.45, 7) is 1.34. The first kappa shape index (κ1) is 21.4. The lowest BCUT2D eigenvalue weighted by Crippen LogP contribution is -2.34. The number of nitrogens with zero attached hydrogens (tertiary/aromatic N) is 2. The van der Waals surface area contributed by atoms with E-state index in [0.717, 1.165) is 11.3 Å². The molecule has 0 spiro atoms. The van der Waals surface area contributed by atoms with Crippen LogP contribution in [0.5, 0.6) is 10.8 Å². The zero-order chi connectivity index (χ0) is 22.1. The molecule has 0 unspecified atom stereocenters. The highest BCUT2D eigenvalue weighted by molar-refractivity contribution is 7.90. The fourth-order valence-electron chi connectivity index (χ4n) is 2.80. The second-order valence-electron chi connectivity index (χ2n) is 6.17. The molecule has 0 aliphatic heterocycles. The van der Waals surface area contributed by atoms with Crippen LogP contribution < -0.4 is 25.2 Å². The third-order valence-electron chi connectivity index (χ3n) is 3.97. The van der Waals surface area contributed by atoms with Crippen LogP contribution in [-0.4, -0.2) is 43.6 Å². The Morgan fingerprint density at radius 3 is 2.70 bits per heavy atom. The standard InChI is InChI=1S/C17H19N5O6S2/c1-9-15(27-3)29-17(19-9)20-16(24)21-30(25,26)12-7-22(2)14-10(12)5-4-6-11(14)28-8-13(18)23/h4-7H,8H2,1-3H3,(H2,18,23)(H2,19,20,21,24). The highest BCUT2D eigenvalue weighted by atomic mass is 32.2. The van der Waals surface area contributed by atoms with Crippen molar-refractivity contribution in [3.8, 4) is 10.8 Å². The van der Waals surface area contributed by atoms with E-state index in [1.165, 1.54) is 17.9 Å². The average molecular weight is 454 g/mol. The molecule has 0 radical (unpaired) electrons. The van der Waals surface area contributed by atoms with Crippen LogP contribution in [0, 0.1) is 6.92 Å². The maximum Gasteiger partial charge on any atom is 0.334 e. The molecule has 4 N–H and O–H groups in total. The van der Waals surface area contributed by atoms with E-state index in [-0.39, 0.29) is 22.4 Å². The molecule has 0 aliphatic rings. The minimum Gasteiger partial charge on any atom is -0.486 e. The zero-order valence-electron chi connectivity index (χ0n) is 16.3. The molecule has 0 fully saturated rings. The third kappa shape index (κ3) is 4.31. The van der Waals surface area contributed by atoms with Gasteiger partial charge in [0, 0.05) is 18.6 Å². The van der Waals surface area contributed by atoms with Gasteiger partial charge in [-0.1, -0.05) is 23.5 Å². The summed E-state index contributed by atoms with van der Waals surface area (Å²) in [5.41, 5.74) is 6.10.